The number of nitrogen functional groups attached to an aromatic ring is 1. The summed E-state index contributed by atoms with van der Waals surface area (Å²) in [7, 11) is -9.85. The van der Waals surface area contributed by atoms with E-state index in [2.05, 4.69) is 0 Å². The molecule has 0 aliphatic rings. The smallest absolute Gasteiger partial charge is 0.744 e. The van der Waals surface area contributed by atoms with Crippen molar-refractivity contribution in [2.75, 3.05) is 5.73 Å². The Bertz CT molecular complexity index is 880. The monoisotopic (exact) mass is 347 g/mol. The van der Waals surface area contributed by atoms with E-state index in [9.17, 15) is 25.9 Å². The Kier molecular flexibility index (Phi) is 7.37. The van der Waals surface area contributed by atoms with Crippen LogP contribution in [0.5, 0.6) is 0 Å². The third kappa shape index (κ3) is 4.64. The van der Waals surface area contributed by atoms with Gasteiger partial charge in [-0.25, -0.2) is 16.8 Å². The molecule has 0 aliphatic carbocycles. The molecule has 0 radical (unpaired) electrons. The molecule has 0 fully saturated rings. The molecule has 0 saturated carbocycles. The summed E-state index contributed by atoms with van der Waals surface area (Å²) in [6.45, 7) is 0. The first-order chi connectivity index (χ1) is 8.60. The second-order valence-electron chi connectivity index (χ2n) is 3.78. The van der Waals surface area contributed by atoms with E-state index >= 15 is 0 Å². The SMILES string of the molecule is Nc1cccc2cc(S(=O)(=O)[O-])cc(S(=O)(=O)[O-])c12.[Na+].[Na+]. The first-order valence-electron chi connectivity index (χ1n) is 4.85. The van der Waals surface area contributed by atoms with Crippen molar-refractivity contribution in [2.24, 2.45) is 0 Å². The molecule has 0 unspecified atom stereocenters. The molecule has 11 heteroatoms. The van der Waals surface area contributed by atoms with Crippen LogP contribution in [0.25, 0.3) is 10.8 Å². The molecular weight excluding hydrogens is 340 g/mol. The van der Waals surface area contributed by atoms with Crippen molar-refractivity contribution < 1.29 is 85.1 Å². The molecule has 102 valence electrons. The Labute approximate surface area is 166 Å². The van der Waals surface area contributed by atoms with E-state index in [0.29, 0.717) is 6.07 Å². The van der Waals surface area contributed by atoms with Gasteiger partial charge in [0.1, 0.15) is 20.2 Å². The maximum absolute atomic E-state index is 11.2. The zero-order valence-electron chi connectivity index (χ0n) is 11.2. The van der Waals surface area contributed by atoms with Crippen LogP contribution in [-0.2, 0) is 20.2 Å². The van der Waals surface area contributed by atoms with Crippen molar-refractivity contribution in [3.63, 3.8) is 0 Å². The van der Waals surface area contributed by atoms with Crippen molar-refractivity contribution in [1.29, 1.82) is 0 Å². The van der Waals surface area contributed by atoms with Crippen molar-refractivity contribution >= 4 is 36.7 Å². The summed E-state index contributed by atoms with van der Waals surface area (Å²) in [5.74, 6) is 0. The molecule has 0 spiro atoms. The van der Waals surface area contributed by atoms with Crippen LogP contribution in [0.15, 0.2) is 40.1 Å². The number of hydrogen-bond acceptors (Lipinski definition) is 7. The van der Waals surface area contributed by atoms with Gasteiger partial charge in [-0.1, -0.05) is 12.1 Å². The van der Waals surface area contributed by atoms with Crippen LogP contribution in [0.2, 0.25) is 0 Å². The van der Waals surface area contributed by atoms with Gasteiger partial charge in [0.25, 0.3) is 0 Å². The Balaban J connectivity index is 0.00000200. The Morgan fingerprint density at radius 2 is 1.48 bits per heavy atom. The van der Waals surface area contributed by atoms with Crippen molar-refractivity contribution in [2.45, 2.75) is 9.79 Å². The van der Waals surface area contributed by atoms with E-state index in [1.54, 1.807) is 0 Å². The molecule has 2 aromatic carbocycles. The van der Waals surface area contributed by atoms with Crippen molar-refractivity contribution in [3.8, 4) is 0 Å². The van der Waals surface area contributed by atoms with Gasteiger partial charge < -0.3 is 14.8 Å². The van der Waals surface area contributed by atoms with Gasteiger partial charge in [-0.3, -0.25) is 0 Å². The molecule has 0 saturated heterocycles. The van der Waals surface area contributed by atoms with Crippen molar-refractivity contribution in [1.82, 2.24) is 0 Å². The third-order valence-corrected chi connectivity index (χ3v) is 4.18. The minimum absolute atomic E-state index is 0. The Morgan fingerprint density at radius 1 is 0.905 bits per heavy atom. The average molecular weight is 347 g/mol. The van der Waals surface area contributed by atoms with Crippen LogP contribution in [0, 0.1) is 0 Å². The molecule has 0 heterocycles. The van der Waals surface area contributed by atoms with E-state index in [0.717, 1.165) is 6.07 Å². The number of hydrogen-bond donors (Lipinski definition) is 1. The number of fused-ring (bicyclic) bond motifs is 1. The molecule has 2 aromatic rings. The van der Waals surface area contributed by atoms with Gasteiger partial charge in [-0.2, -0.15) is 0 Å². The average Bonchev–Trinajstić information content (AvgIpc) is 2.25. The number of anilines is 1. The fourth-order valence-corrected chi connectivity index (χ4v) is 3.10. The summed E-state index contributed by atoms with van der Waals surface area (Å²) in [4.78, 5) is -1.61. The molecule has 2 N–H and O–H groups in total. The maximum atomic E-state index is 11.2. The zero-order chi connectivity index (χ0) is 14.4. The third-order valence-electron chi connectivity index (χ3n) is 2.50. The molecule has 0 atom stereocenters. The van der Waals surface area contributed by atoms with Crippen molar-refractivity contribution in [3.05, 3.63) is 30.3 Å². The van der Waals surface area contributed by atoms with Gasteiger partial charge in [-0.15, -0.1) is 0 Å². The Hall–Kier alpha value is 0.320. The maximum Gasteiger partial charge on any atom is 1.00 e. The second kappa shape index (κ2) is 7.26. The number of rotatable bonds is 2. The zero-order valence-corrected chi connectivity index (χ0v) is 16.9. The van der Waals surface area contributed by atoms with E-state index in [1.807, 2.05) is 0 Å². The molecule has 0 amide bonds. The first kappa shape index (κ1) is 21.3. The van der Waals surface area contributed by atoms with Crippen LogP contribution in [-0.4, -0.2) is 25.9 Å². The summed E-state index contributed by atoms with van der Waals surface area (Å²) < 4.78 is 66.4. The number of nitrogens with two attached hydrogens (primary N) is 1. The van der Waals surface area contributed by atoms with E-state index in [1.165, 1.54) is 18.2 Å². The molecule has 0 bridgehead atoms. The largest absolute Gasteiger partial charge is 1.00 e. The summed E-state index contributed by atoms with van der Waals surface area (Å²) in [6, 6.07) is 5.67. The summed E-state index contributed by atoms with van der Waals surface area (Å²) >= 11 is 0. The predicted octanol–water partition coefficient (Wildman–Crippen LogP) is -5.76. The van der Waals surface area contributed by atoms with Crippen LogP contribution in [0.4, 0.5) is 5.69 Å². The van der Waals surface area contributed by atoms with Crippen LogP contribution < -0.4 is 64.8 Å². The van der Waals surface area contributed by atoms with Gasteiger partial charge in [0, 0.05) is 11.1 Å². The molecular formula is C10H7NNa2O6S2. The van der Waals surface area contributed by atoms with Crippen LogP contribution in [0.3, 0.4) is 0 Å². The van der Waals surface area contributed by atoms with E-state index in [4.69, 9.17) is 5.73 Å². The normalized spacial score (nSPS) is 11.5. The fraction of sp³-hybridized carbons (Fsp3) is 0. The minimum atomic E-state index is -4.97. The summed E-state index contributed by atoms with van der Waals surface area (Å²) in [5, 5.41) is -0.00347. The molecule has 2 rings (SSSR count). The quantitative estimate of drug-likeness (QED) is 0.324. The first-order valence-corrected chi connectivity index (χ1v) is 7.66. The molecule has 0 aromatic heterocycles. The Morgan fingerprint density at radius 3 is 1.95 bits per heavy atom. The standard InChI is InChI=1S/C10H9NO6S2.2Na/c11-8-3-1-2-6-4-7(18(12,13)14)5-9(10(6)8)19(15,16)17;;/h1-5H,11H2,(H,12,13,14)(H,15,16,17);;/q;2*+1/p-2. The van der Waals surface area contributed by atoms with Crippen LogP contribution in [0.1, 0.15) is 0 Å². The van der Waals surface area contributed by atoms with Gasteiger partial charge in [0.05, 0.1) is 9.79 Å². The molecule has 0 aliphatic heterocycles. The topological polar surface area (TPSA) is 140 Å². The van der Waals surface area contributed by atoms with Gasteiger partial charge in [0.2, 0.25) is 0 Å². The second-order valence-corrected chi connectivity index (χ2v) is 6.50. The molecule has 7 nitrogen and oxygen atoms in total. The summed E-state index contributed by atoms with van der Waals surface area (Å²) in [6.07, 6.45) is 0. The number of benzene rings is 2. The van der Waals surface area contributed by atoms with E-state index in [-0.39, 0.29) is 75.6 Å². The summed E-state index contributed by atoms with van der Waals surface area (Å²) in [5.41, 5.74) is 5.58. The fourth-order valence-electron chi connectivity index (χ4n) is 1.73. The predicted molar refractivity (Wildman–Crippen MR) is 64.3 cm³/mol. The minimum Gasteiger partial charge on any atom is -0.744 e. The molecule has 21 heavy (non-hydrogen) atoms. The van der Waals surface area contributed by atoms with Crippen LogP contribution >= 0.6 is 0 Å². The van der Waals surface area contributed by atoms with Gasteiger partial charge in [-0.05, 0) is 23.6 Å². The van der Waals surface area contributed by atoms with E-state index < -0.39 is 30.0 Å². The van der Waals surface area contributed by atoms with Gasteiger partial charge in [0.15, 0.2) is 0 Å². The van der Waals surface area contributed by atoms with Gasteiger partial charge >= 0.3 is 59.1 Å².